The van der Waals surface area contributed by atoms with Gasteiger partial charge in [-0.1, -0.05) is 6.92 Å². The molecule has 0 saturated carbocycles. The van der Waals surface area contributed by atoms with E-state index in [0.29, 0.717) is 24.5 Å². The van der Waals surface area contributed by atoms with Crippen LogP contribution in [0.15, 0.2) is 0 Å². The summed E-state index contributed by atoms with van der Waals surface area (Å²) in [4.78, 5) is 14.8. The smallest absolute Gasteiger partial charge is 0.323 e. The van der Waals surface area contributed by atoms with Crippen LogP contribution >= 0.6 is 0 Å². The lowest BCUT2D eigenvalue weighted by molar-refractivity contribution is 0.221. The van der Waals surface area contributed by atoms with Crippen molar-refractivity contribution in [2.24, 2.45) is 0 Å². The van der Waals surface area contributed by atoms with E-state index in [1.54, 1.807) is 0 Å². The highest BCUT2D eigenvalue weighted by atomic mass is 16.5. The van der Waals surface area contributed by atoms with Crippen LogP contribution in [-0.2, 0) is 0 Å². The average Bonchev–Trinajstić information content (AvgIpc) is 2.37. The van der Waals surface area contributed by atoms with Gasteiger partial charge in [0.2, 0.25) is 11.9 Å². The summed E-state index contributed by atoms with van der Waals surface area (Å²) in [5, 5.41) is 12.2. The van der Waals surface area contributed by atoms with Crippen LogP contribution in [0.4, 0.5) is 11.9 Å². The van der Waals surface area contributed by atoms with Crippen LogP contribution in [0, 0.1) is 0 Å². The number of rotatable bonds is 9. The van der Waals surface area contributed by atoms with Gasteiger partial charge in [0.05, 0.1) is 12.7 Å². The molecule has 1 aromatic heterocycles. The number of hydrogen-bond acceptors (Lipinski definition) is 7. The number of nitrogens with zero attached hydrogens (tertiary/aromatic N) is 4. The van der Waals surface area contributed by atoms with Crippen molar-refractivity contribution in [2.75, 3.05) is 36.5 Å². The molecule has 0 radical (unpaired) electrons. The summed E-state index contributed by atoms with van der Waals surface area (Å²) in [6, 6.07) is 0.306. The maximum atomic E-state index is 9.15. The Bertz CT molecular complexity index is 394. The molecule has 0 aliphatic carbocycles. The molecule has 0 amide bonds. The van der Waals surface area contributed by atoms with Crippen molar-refractivity contribution >= 4 is 11.9 Å². The van der Waals surface area contributed by atoms with Crippen molar-refractivity contribution in [1.29, 1.82) is 0 Å². The molecule has 1 aromatic rings. The van der Waals surface area contributed by atoms with Gasteiger partial charge in [-0.3, -0.25) is 0 Å². The molecule has 0 spiro atoms. The number of nitrogens with one attached hydrogen (secondary N) is 1. The van der Waals surface area contributed by atoms with E-state index in [0.717, 1.165) is 19.5 Å². The van der Waals surface area contributed by atoms with E-state index in [1.807, 2.05) is 25.7 Å². The molecule has 114 valence electrons. The third-order valence-electron chi connectivity index (χ3n) is 2.43. The Balaban J connectivity index is 3.04. The van der Waals surface area contributed by atoms with Crippen LogP contribution in [0.2, 0.25) is 0 Å². The van der Waals surface area contributed by atoms with E-state index in [1.165, 1.54) is 0 Å². The van der Waals surface area contributed by atoms with Crippen molar-refractivity contribution in [1.82, 2.24) is 15.0 Å². The van der Waals surface area contributed by atoms with E-state index in [-0.39, 0.29) is 12.7 Å². The van der Waals surface area contributed by atoms with Gasteiger partial charge in [-0.25, -0.2) is 0 Å². The number of aliphatic hydroxyl groups excluding tert-OH is 1. The number of anilines is 2. The van der Waals surface area contributed by atoms with Crippen LogP contribution in [0.5, 0.6) is 6.01 Å². The van der Waals surface area contributed by atoms with E-state index < -0.39 is 0 Å². The van der Waals surface area contributed by atoms with Gasteiger partial charge in [0.1, 0.15) is 0 Å². The molecule has 0 unspecified atom stereocenters. The van der Waals surface area contributed by atoms with E-state index in [4.69, 9.17) is 9.84 Å². The molecule has 20 heavy (non-hydrogen) atoms. The second-order valence-corrected chi connectivity index (χ2v) is 4.65. The molecule has 0 atom stereocenters. The molecule has 0 bridgehead atoms. The van der Waals surface area contributed by atoms with E-state index in [2.05, 4.69) is 27.2 Å². The van der Waals surface area contributed by atoms with Gasteiger partial charge in [0, 0.05) is 19.6 Å². The molecule has 0 fully saturated rings. The zero-order valence-electron chi connectivity index (χ0n) is 12.8. The maximum Gasteiger partial charge on any atom is 0.323 e. The predicted molar refractivity (Wildman–Crippen MR) is 79.3 cm³/mol. The first kappa shape index (κ1) is 16.4. The number of ether oxygens (including phenoxy) is 1. The van der Waals surface area contributed by atoms with Crippen LogP contribution in [0.25, 0.3) is 0 Å². The highest BCUT2D eigenvalue weighted by Gasteiger charge is 2.14. The molecule has 0 saturated heterocycles. The third-order valence-corrected chi connectivity index (χ3v) is 2.43. The molecular formula is C13H25N5O2. The van der Waals surface area contributed by atoms with Crippen molar-refractivity contribution in [3.05, 3.63) is 0 Å². The van der Waals surface area contributed by atoms with Gasteiger partial charge in [0.15, 0.2) is 0 Å². The summed E-state index contributed by atoms with van der Waals surface area (Å²) in [5.74, 6) is 1.02. The molecule has 0 aliphatic rings. The second-order valence-electron chi connectivity index (χ2n) is 4.65. The van der Waals surface area contributed by atoms with Gasteiger partial charge >= 0.3 is 6.01 Å². The monoisotopic (exact) mass is 283 g/mol. The molecule has 1 rings (SSSR count). The largest absolute Gasteiger partial charge is 0.461 e. The lowest BCUT2D eigenvalue weighted by atomic mass is 10.4. The molecule has 0 aliphatic heterocycles. The fraction of sp³-hybridized carbons (Fsp3) is 0.769. The van der Waals surface area contributed by atoms with Crippen molar-refractivity contribution < 1.29 is 9.84 Å². The third kappa shape index (κ3) is 5.16. The topological polar surface area (TPSA) is 83.4 Å². The van der Waals surface area contributed by atoms with Crippen LogP contribution in [0.1, 0.15) is 34.1 Å². The lowest BCUT2D eigenvalue weighted by Crippen LogP contribution is -2.30. The molecule has 1 heterocycles. The first-order valence-corrected chi connectivity index (χ1v) is 7.13. The summed E-state index contributed by atoms with van der Waals surface area (Å²) in [7, 11) is 0. The van der Waals surface area contributed by atoms with E-state index >= 15 is 0 Å². The van der Waals surface area contributed by atoms with Gasteiger partial charge in [-0.05, 0) is 27.2 Å². The fourth-order valence-electron chi connectivity index (χ4n) is 1.69. The number of hydrogen-bond donors (Lipinski definition) is 2. The van der Waals surface area contributed by atoms with Gasteiger partial charge < -0.3 is 20.1 Å². The molecule has 7 heteroatoms. The standard InChI is InChI=1S/C13H25N5O2/c1-5-7-18(8-9-19)12-15-11(14-6-2)16-13(17-12)20-10(3)4/h10,19H,5-9H2,1-4H3,(H,14,15,16,17). The Morgan fingerprint density at radius 1 is 1.20 bits per heavy atom. The highest BCUT2D eigenvalue weighted by molar-refractivity contribution is 5.38. The Morgan fingerprint density at radius 3 is 2.50 bits per heavy atom. The zero-order chi connectivity index (χ0) is 15.0. The SMILES string of the molecule is CCCN(CCO)c1nc(NCC)nc(OC(C)C)n1. The predicted octanol–water partition coefficient (Wildman–Crippen LogP) is 1.30. The first-order chi connectivity index (χ1) is 9.60. The summed E-state index contributed by atoms with van der Waals surface area (Å²) >= 11 is 0. The van der Waals surface area contributed by atoms with Crippen molar-refractivity contribution in [2.45, 2.75) is 40.2 Å². The average molecular weight is 283 g/mol. The van der Waals surface area contributed by atoms with Gasteiger partial charge in [-0.2, -0.15) is 15.0 Å². The van der Waals surface area contributed by atoms with Gasteiger partial charge in [0.25, 0.3) is 0 Å². The van der Waals surface area contributed by atoms with Crippen LogP contribution in [0.3, 0.4) is 0 Å². The minimum Gasteiger partial charge on any atom is -0.461 e. The normalized spacial score (nSPS) is 10.7. The van der Waals surface area contributed by atoms with Crippen molar-refractivity contribution in [3.8, 4) is 6.01 Å². The quantitative estimate of drug-likeness (QED) is 0.706. The number of aromatic nitrogens is 3. The highest BCUT2D eigenvalue weighted by Crippen LogP contribution is 2.16. The van der Waals surface area contributed by atoms with Crippen LogP contribution < -0.4 is 15.0 Å². The molecule has 7 nitrogen and oxygen atoms in total. The summed E-state index contributed by atoms with van der Waals surface area (Å²) in [5.41, 5.74) is 0. The molecule has 0 aromatic carbocycles. The Kier molecular flexibility index (Phi) is 7.00. The minimum absolute atomic E-state index is 0.00260. The van der Waals surface area contributed by atoms with Gasteiger partial charge in [-0.15, -0.1) is 0 Å². The minimum atomic E-state index is -0.00260. The Morgan fingerprint density at radius 2 is 1.95 bits per heavy atom. The van der Waals surface area contributed by atoms with Crippen molar-refractivity contribution in [3.63, 3.8) is 0 Å². The first-order valence-electron chi connectivity index (χ1n) is 7.13. The number of aliphatic hydroxyl groups is 1. The Labute approximate surface area is 120 Å². The summed E-state index contributed by atoms with van der Waals surface area (Å²) in [6.45, 7) is 9.94. The summed E-state index contributed by atoms with van der Waals surface area (Å²) in [6.07, 6.45) is 0.944. The Hall–Kier alpha value is -1.63. The zero-order valence-corrected chi connectivity index (χ0v) is 12.8. The van der Waals surface area contributed by atoms with Crippen LogP contribution in [-0.4, -0.2) is 52.4 Å². The molecular weight excluding hydrogens is 258 g/mol. The van der Waals surface area contributed by atoms with E-state index in [9.17, 15) is 0 Å². The fourth-order valence-corrected chi connectivity index (χ4v) is 1.69. The lowest BCUT2D eigenvalue weighted by Gasteiger charge is -2.22. The maximum absolute atomic E-state index is 9.15. The molecule has 2 N–H and O–H groups in total. The summed E-state index contributed by atoms with van der Waals surface area (Å²) < 4.78 is 5.56. The second kappa shape index (κ2) is 8.52.